The summed E-state index contributed by atoms with van der Waals surface area (Å²) in [5.41, 5.74) is 4.91. The Morgan fingerprint density at radius 1 is 0.947 bits per heavy atom. The summed E-state index contributed by atoms with van der Waals surface area (Å²) in [6.45, 7) is 15.2. The lowest BCUT2D eigenvalue weighted by molar-refractivity contribution is -0.164. The van der Waals surface area contributed by atoms with Crippen LogP contribution in [0.5, 0.6) is 0 Å². The van der Waals surface area contributed by atoms with Crippen molar-refractivity contribution in [1.82, 2.24) is 4.98 Å². The summed E-state index contributed by atoms with van der Waals surface area (Å²) in [6, 6.07) is 14.3. The molecule has 0 spiro atoms. The summed E-state index contributed by atoms with van der Waals surface area (Å²) < 4.78 is 20.9. The monoisotopic (exact) mass is 522 g/mol. The minimum absolute atomic E-state index is 0.00352. The lowest BCUT2D eigenvalue weighted by Crippen LogP contribution is -2.48. The van der Waals surface area contributed by atoms with E-state index in [4.69, 9.17) is 10.5 Å². The molecule has 38 heavy (non-hydrogen) atoms. The average molecular weight is 523 g/mol. The van der Waals surface area contributed by atoms with Gasteiger partial charge in [-0.05, 0) is 61.1 Å². The Morgan fingerprint density at radius 3 is 2.16 bits per heavy atom. The predicted molar refractivity (Wildman–Crippen MR) is 151 cm³/mol. The number of pyridine rings is 1. The Kier molecular flexibility index (Phi) is 8.34. The van der Waals surface area contributed by atoms with Gasteiger partial charge in [-0.3, -0.25) is 9.59 Å². The Bertz CT molecular complexity index is 1330. The number of esters is 1. The van der Waals surface area contributed by atoms with E-state index in [9.17, 15) is 9.59 Å². The maximum absolute atomic E-state index is 15.3. The molecule has 1 aromatic heterocycles. The zero-order valence-electron chi connectivity index (χ0n) is 23.5. The molecular formula is C30H39FN4O3. The SMILES string of the molecule is CC(C)[C@@H](Nc1nc(Nc2ccc3ccccc3c2)c(C(N)=O)cc1F)C(C)(C)C(C)C(=O)OC(C)(C)C. The highest BCUT2D eigenvalue weighted by Gasteiger charge is 2.42. The minimum atomic E-state index is -0.800. The van der Waals surface area contributed by atoms with Crippen molar-refractivity contribution >= 4 is 40.0 Å². The molecule has 0 radical (unpaired) electrons. The molecule has 2 atom stereocenters. The van der Waals surface area contributed by atoms with E-state index in [1.54, 1.807) is 0 Å². The number of aromatic nitrogens is 1. The highest BCUT2D eigenvalue weighted by Crippen LogP contribution is 2.38. The first-order valence-electron chi connectivity index (χ1n) is 12.9. The van der Waals surface area contributed by atoms with Gasteiger partial charge in [0.1, 0.15) is 11.4 Å². The molecular weight excluding hydrogens is 483 g/mol. The first kappa shape index (κ1) is 28.9. The number of nitrogens with one attached hydrogen (secondary N) is 2. The number of benzene rings is 2. The van der Waals surface area contributed by atoms with Crippen LogP contribution in [-0.2, 0) is 9.53 Å². The van der Waals surface area contributed by atoms with Crippen LogP contribution in [0, 0.1) is 23.1 Å². The second-order valence-corrected chi connectivity index (χ2v) is 11.7. The van der Waals surface area contributed by atoms with Crippen LogP contribution in [0.4, 0.5) is 21.7 Å². The summed E-state index contributed by atoms with van der Waals surface area (Å²) in [4.78, 5) is 29.5. The molecule has 0 aliphatic carbocycles. The van der Waals surface area contributed by atoms with E-state index in [1.807, 2.05) is 97.9 Å². The van der Waals surface area contributed by atoms with Crippen LogP contribution in [0.2, 0.25) is 0 Å². The Morgan fingerprint density at radius 2 is 1.58 bits per heavy atom. The van der Waals surface area contributed by atoms with Gasteiger partial charge in [0.05, 0.1) is 11.5 Å². The summed E-state index contributed by atoms with van der Waals surface area (Å²) >= 11 is 0. The molecule has 0 aliphatic rings. The van der Waals surface area contributed by atoms with Gasteiger partial charge >= 0.3 is 5.97 Å². The van der Waals surface area contributed by atoms with E-state index in [1.165, 1.54) is 0 Å². The van der Waals surface area contributed by atoms with Crippen molar-refractivity contribution in [2.45, 2.75) is 67.0 Å². The van der Waals surface area contributed by atoms with Gasteiger partial charge in [0.15, 0.2) is 11.6 Å². The van der Waals surface area contributed by atoms with Gasteiger partial charge < -0.3 is 21.1 Å². The lowest BCUT2D eigenvalue weighted by atomic mass is 9.70. The Labute approximate surface area is 224 Å². The minimum Gasteiger partial charge on any atom is -0.460 e. The smallest absolute Gasteiger partial charge is 0.309 e. The largest absolute Gasteiger partial charge is 0.460 e. The second kappa shape index (κ2) is 11.0. The maximum Gasteiger partial charge on any atom is 0.309 e. The van der Waals surface area contributed by atoms with E-state index >= 15 is 4.39 Å². The number of hydrogen-bond acceptors (Lipinski definition) is 6. The van der Waals surface area contributed by atoms with E-state index in [2.05, 4.69) is 15.6 Å². The van der Waals surface area contributed by atoms with Crippen LogP contribution in [0.3, 0.4) is 0 Å². The number of hydrogen-bond donors (Lipinski definition) is 3. The number of carbonyl (C=O) groups is 2. The number of amides is 1. The third-order valence-electron chi connectivity index (χ3n) is 6.89. The van der Waals surface area contributed by atoms with E-state index in [-0.39, 0.29) is 35.1 Å². The van der Waals surface area contributed by atoms with Crippen LogP contribution < -0.4 is 16.4 Å². The van der Waals surface area contributed by atoms with Gasteiger partial charge in [-0.15, -0.1) is 0 Å². The quantitative estimate of drug-likeness (QED) is 0.271. The third kappa shape index (κ3) is 6.60. The summed E-state index contributed by atoms with van der Waals surface area (Å²) in [5, 5.41) is 8.41. The predicted octanol–water partition coefficient (Wildman–Crippen LogP) is 6.66. The maximum atomic E-state index is 15.3. The molecule has 0 aliphatic heterocycles. The number of halogens is 1. The first-order valence-corrected chi connectivity index (χ1v) is 12.9. The van der Waals surface area contributed by atoms with Crippen LogP contribution in [0.25, 0.3) is 10.8 Å². The average Bonchev–Trinajstić information content (AvgIpc) is 2.81. The topological polar surface area (TPSA) is 106 Å². The summed E-state index contributed by atoms with van der Waals surface area (Å²) in [7, 11) is 0. The number of nitrogens with zero attached hydrogens (tertiary/aromatic N) is 1. The molecule has 4 N–H and O–H groups in total. The van der Waals surface area contributed by atoms with Gasteiger partial charge in [0.2, 0.25) is 0 Å². The van der Waals surface area contributed by atoms with Crippen molar-refractivity contribution in [2.24, 2.45) is 23.0 Å². The number of ether oxygens (including phenoxy) is 1. The molecule has 2 aromatic carbocycles. The van der Waals surface area contributed by atoms with Crippen molar-refractivity contribution in [3.63, 3.8) is 0 Å². The fourth-order valence-electron chi connectivity index (χ4n) is 4.60. The second-order valence-electron chi connectivity index (χ2n) is 11.7. The molecule has 0 bridgehead atoms. The summed E-state index contributed by atoms with van der Waals surface area (Å²) in [6.07, 6.45) is 0. The molecule has 3 aromatic rings. The highest BCUT2D eigenvalue weighted by molar-refractivity contribution is 5.99. The molecule has 0 fully saturated rings. The van der Waals surface area contributed by atoms with Crippen LogP contribution >= 0.6 is 0 Å². The first-order chi connectivity index (χ1) is 17.6. The molecule has 1 amide bonds. The molecule has 1 heterocycles. The summed E-state index contributed by atoms with van der Waals surface area (Å²) in [5.74, 6) is -2.24. The molecule has 1 unspecified atom stereocenters. The number of nitrogens with two attached hydrogens (primary N) is 1. The van der Waals surface area contributed by atoms with E-state index in [0.29, 0.717) is 5.69 Å². The van der Waals surface area contributed by atoms with E-state index in [0.717, 1.165) is 16.8 Å². The third-order valence-corrected chi connectivity index (χ3v) is 6.89. The molecule has 8 heteroatoms. The Hall–Kier alpha value is -3.68. The zero-order chi connectivity index (χ0) is 28.4. The standard InChI is InChI=1S/C30H39FN4O3/c1-17(2)24(30(7,8)18(3)28(37)38-29(4,5)6)34-27-23(31)16-22(25(32)36)26(35-27)33-21-14-13-19-11-9-10-12-20(19)15-21/h9-18,24H,1-8H3,(H2,32,36)(H2,33,34,35)/t18?,24-/m1/s1. The van der Waals surface area contributed by atoms with Gasteiger partial charge in [-0.25, -0.2) is 9.37 Å². The van der Waals surface area contributed by atoms with Crippen molar-refractivity contribution in [3.05, 3.63) is 59.9 Å². The van der Waals surface area contributed by atoms with Gasteiger partial charge in [-0.2, -0.15) is 0 Å². The number of carbonyl (C=O) groups excluding carboxylic acids is 2. The van der Waals surface area contributed by atoms with E-state index < -0.39 is 28.7 Å². The van der Waals surface area contributed by atoms with Crippen LogP contribution in [0.1, 0.15) is 65.7 Å². The van der Waals surface area contributed by atoms with Crippen molar-refractivity contribution in [3.8, 4) is 0 Å². The van der Waals surface area contributed by atoms with Crippen LogP contribution in [0.15, 0.2) is 48.5 Å². The molecule has 0 saturated heterocycles. The van der Waals surface area contributed by atoms with Gasteiger partial charge in [-0.1, -0.05) is 65.0 Å². The molecule has 3 rings (SSSR count). The number of anilines is 3. The molecule has 7 nitrogen and oxygen atoms in total. The van der Waals surface area contributed by atoms with Crippen molar-refractivity contribution in [2.75, 3.05) is 10.6 Å². The normalized spacial score (nSPS) is 13.7. The zero-order valence-corrected chi connectivity index (χ0v) is 23.5. The highest BCUT2D eigenvalue weighted by atomic mass is 19.1. The van der Waals surface area contributed by atoms with Crippen LogP contribution in [-0.4, -0.2) is 28.5 Å². The molecule has 0 saturated carbocycles. The number of primary amides is 1. The van der Waals surface area contributed by atoms with Gasteiger partial charge in [0.25, 0.3) is 5.91 Å². The number of rotatable bonds is 9. The molecule has 204 valence electrons. The lowest BCUT2D eigenvalue weighted by Gasteiger charge is -2.42. The fraction of sp³-hybridized carbons (Fsp3) is 0.433. The van der Waals surface area contributed by atoms with Gasteiger partial charge in [0, 0.05) is 11.7 Å². The number of fused-ring (bicyclic) bond motifs is 1. The van der Waals surface area contributed by atoms with Crippen molar-refractivity contribution in [1.29, 1.82) is 0 Å². The van der Waals surface area contributed by atoms with Crippen molar-refractivity contribution < 1.29 is 18.7 Å². The Balaban J connectivity index is 1.97. The fourth-order valence-corrected chi connectivity index (χ4v) is 4.60.